The van der Waals surface area contributed by atoms with Crippen molar-refractivity contribution in [2.24, 2.45) is 0 Å². The Labute approximate surface area is 151 Å². The van der Waals surface area contributed by atoms with Crippen molar-refractivity contribution < 1.29 is 4.79 Å². The van der Waals surface area contributed by atoms with Gasteiger partial charge in [-0.15, -0.1) is 0 Å². The predicted molar refractivity (Wildman–Crippen MR) is 104 cm³/mol. The van der Waals surface area contributed by atoms with Crippen LogP contribution in [0.3, 0.4) is 0 Å². The molecule has 0 radical (unpaired) electrons. The van der Waals surface area contributed by atoms with E-state index in [2.05, 4.69) is 43.6 Å². The molecule has 126 valence electrons. The van der Waals surface area contributed by atoms with Crippen LogP contribution in [0.15, 0.2) is 53.0 Å². The van der Waals surface area contributed by atoms with E-state index in [0.29, 0.717) is 0 Å². The number of hydrogen-bond acceptors (Lipinski definition) is 3. The molecule has 5 heteroatoms. The van der Waals surface area contributed by atoms with Crippen LogP contribution in [0.2, 0.25) is 0 Å². The lowest BCUT2D eigenvalue weighted by Gasteiger charge is -2.19. The summed E-state index contributed by atoms with van der Waals surface area (Å²) in [6.07, 6.45) is 2.54. The Morgan fingerprint density at radius 2 is 1.58 bits per heavy atom. The van der Waals surface area contributed by atoms with Crippen molar-refractivity contribution in [3.05, 3.63) is 53.0 Å². The molecule has 1 aliphatic rings. The maximum absolute atomic E-state index is 12.3. The molecule has 1 unspecified atom stereocenters. The van der Waals surface area contributed by atoms with Crippen molar-refractivity contribution in [2.45, 2.75) is 25.8 Å². The summed E-state index contributed by atoms with van der Waals surface area (Å²) >= 11 is 3.39. The first-order valence-corrected chi connectivity index (χ1v) is 9.09. The van der Waals surface area contributed by atoms with E-state index in [-0.39, 0.29) is 11.9 Å². The summed E-state index contributed by atoms with van der Waals surface area (Å²) in [5.41, 5.74) is 3.00. The van der Waals surface area contributed by atoms with Crippen LogP contribution in [-0.2, 0) is 4.79 Å². The fourth-order valence-electron chi connectivity index (χ4n) is 2.84. The summed E-state index contributed by atoms with van der Waals surface area (Å²) in [6, 6.07) is 15.6. The fraction of sp³-hybridized carbons (Fsp3) is 0.316. The zero-order valence-corrected chi connectivity index (χ0v) is 15.3. The number of amides is 1. The SMILES string of the molecule is CC(Nc1ccc(N2CCCC2)cc1)C(=O)Nc1ccc(Br)cc1. The van der Waals surface area contributed by atoms with Crippen LogP contribution in [-0.4, -0.2) is 25.0 Å². The molecule has 2 aromatic rings. The Morgan fingerprint density at radius 1 is 1.00 bits per heavy atom. The molecule has 1 heterocycles. The van der Waals surface area contributed by atoms with Crippen LogP contribution in [0.5, 0.6) is 0 Å². The minimum absolute atomic E-state index is 0.0547. The average molecular weight is 388 g/mol. The second kappa shape index (κ2) is 7.71. The third-order valence-corrected chi connectivity index (χ3v) is 4.76. The van der Waals surface area contributed by atoms with Crippen molar-refractivity contribution in [1.29, 1.82) is 0 Å². The van der Waals surface area contributed by atoms with Crippen molar-refractivity contribution in [2.75, 3.05) is 28.6 Å². The van der Waals surface area contributed by atoms with E-state index in [1.807, 2.05) is 43.3 Å². The van der Waals surface area contributed by atoms with E-state index in [1.165, 1.54) is 18.5 Å². The van der Waals surface area contributed by atoms with Crippen LogP contribution in [0.25, 0.3) is 0 Å². The Balaban J connectivity index is 1.56. The molecule has 1 fully saturated rings. The molecule has 1 saturated heterocycles. The molecule has 1 atom stereocenters. The summed E-state index contributed by atoms with van der Waals surface area (Å²) in [5, 5.41) is 6.17. The molecule has 1 aliphatic heterocycles. The number of rotatable bonds is 5. The highest BCUT2D eigenvalue weighted by Crippen LogP contribution is 2.22. The van der Waals surface area contributed by atoms with Gasteiger partial charge in [-0.2, -0.15) is 0 Å². The Morgan fingerprint density at radius 3 is 2.21 bits per heavy atom. The molecule has 2 aromatic carbocycles. The summed E-state index contributed by atoms with van der Waals surface area (Å²) in [4.78, 5) is 14.7. The Kier molecular flexibility index (Phi) is 5.41. The monoisotopic (exact) mass is 387 g/mol. The number of benzene rings is 2. The number of nitrogens with one attached hydrogen (secondary N) is 2. The molecule has 0 spiro atoms. The first-order valence-electron chi connectivity index (χ1n) is 8.30. The summed E-state index contributed by atoms with van der Waals surface area (Å²) < 4.78 is 0.991. The highest BCUT2D eigenvalue weighted by atomic mass is 79.9. The zero-order chi connectivity index (χ0) is 16.9. The van der Waals surface area contributed by atoms with E-state index in [9.17, 15) is 4.79 Å². The second-order valence-electron chi connectivity index (χ2n) is 6.10. The summed E-state index contributed by atoms with van der Waals surface area (Å²) in [5.74, 6) is -0.0547. The van der Waals surface area contributed by atoms with Crippen molar-refractivity contribution >= 4 is 38.9 Å². The van der Waals surface area contributed by atoms with Gasteiger partial charge in [0, 0.05) is 34.6 Å². The van der Waals surface area contributed by atoms with E-state index in [1.54, 1.807) is 0 Å². The summed E-state index contributed by atoms with van der Waals surface area (Å²) in [7, 11) is 0. The number of halogens is 1. The first-order chi connectivity index (χ1) is 11.6. The lowest BCUT2D eigenvalue weighted by molar-refractivity contribution is -0.116. The average Bonchev–Trinajstić information content (AvgIpc) is 3.12. The van der Waals surface area contributed by atoms with Crippen molar-refractivity contribution in [3.8, 4) is 0 Å². The van der Waals surface area contributed by atoms with Gasteiger partial charge in [0.05, 0.1) is 0 Å². The maximum atomic E-state index is 12.3. The molecule has 0 saturated carbocycles. The maximum Gasteiger partial charge on any atom is 0.246 e. The number of nitrogens with zero attached hydrogens (tertiary/aromatic N) is 1. The van der Waals surface area contributed by atoms with Gasteiger partial charge in [-0.3, -0.25) is 4.79 Å². The van der Waals surface area contributed by atoms with Crippen LogP contribution in [0.1, 0.15) is 19.8 Å². The molecule has 0 aromatic heterocycles. The minimum atomic E-state index is -0.314. The third-order valence-electron chi connectivity index (χ3n) is 4.23. The molecule has 3 rings (SSSR count). The van der Waals surface area contributed by atoms with Crippen LogP contribution in [0.4, 0.5) is 17.1 Å². The fourth-order valence-corrected chi connectivity index (χ4v) is 3.11. The smallest absolute Gasteiger partial charge is 0.246 e. The first kappa shape index (κ1) is 16.8. The van der Waals surface area contributed by atoms with Crippen molar-refractivity contribution in [3.63, 3.8) is 0 Å². The van der Waals surface area contributed by atoms with Crippen LogP contribution in [0, 0.1) is 0 Å². The Bertz CT molecular complexity index is 679. The third kappa shape index (κ3) is 4.29. The largest absolute Gasteiger partial charge is 0.374 e. The molecule has 4 nitrogen and oxygen atoms in total. The topological polar surface area (TPSA) is 44.4 Å². The summed E-state index contributed by atoms with van der Waals surface area (Å²) in [6.45, 7) is 4.14. The van der Waals surface area contributed by atoms with Gasteiger partial charge in [0.15, 0.2) is 0 Å². The van der Waals surface area contributed by atoms with Gasteiger partial charge in [0.25, 0.3) is 0 Å². The molecule has 0 aliphatic carbocycles. The molecular formula is C19H22BrN3O. The van der Waals surface area contributed by atoms with Gasteiger partial charge in [-0.05, 0) is 68.3 Å². The van der Waals surface area contributed by atoms with E-state index < -0.39 is 0 Å². The molecule has 0 bridgehead atoms. The minimum Gasteiger partial charge on any atom is -0.374 e. The lowest BCUT2D eigenvalue weighted by atomic mass is 10.2. The van der Waals surface area contributed by atoms with Crippen LogP contribution >= 0.6 is 15.9 Å². The molecular weight excluding hydrogens is 366 g/mol. The number of anilines is 3. The van der Waals surface area contributed by atoms with Crippen LogP contribution < -0.4 is 15.5 Å². The van der Waals surface area contributed by atoms with E-state index >= 15 is 0 Å². The molecule has 1 amide bonds. The van der Waals surface area contributed by atoms with Gasteiger partial charge in [0.1, 0.15) is 6.04 Å². The molecule has 2 N–H and O–H groups in total. The van der Waals surface area contributed by atoms with Gasteiger partial charge in [-0.25, -0.2) is 0 Å². The lowest BCUT2D eigenvalue weighted by Crippen LogP contribution is -2.31. The number of carbonyl (C=O) groups is 1. The molecule has 24 heavy (non-hydrogen) atoms. The van der Waals surface area contributed by atoms with Gasteiger partial charge in [0.2, 0.25) is 5.91 Å². The zero-order valence-electron chi connectivity index (χ0n) is 13.8. The van der Waals surface area contributed by atoms with Gasteiger partial charge < -0.3 is 15.5 Å². The highest BCUT2D eigenvalue weighted by molar-refractivity contribution is 9.10. The standard InChI is InChI=1S/C19H22BrN3O/c1-14(19(24)22-17-6-4-15(20)5-7-17)21-16-8-10-18(11-9-16)23-12-2-3-13-23/h4-11,14,21H,2-3,12-13H2,1H3,(H,22,24). The van der Waals surface area contributed by atoms with Gasteiger partial charge in [-0.1, -0.05) is 15.9 Å². The normalized spacial score (nSPS) is 15.2. The number of carbonyl (C=O) groups excluding carboxylic acids is 1. The predicted octanol–water partition coefficient (Wildman–Crippen LogP) is 4.49. The number of hydrogen-bond donors (Lipinski definition) is 2. The van der Waals surface area contributed by atoms with E-state index in [4.69, 9.17) is 0 Å². The Hall–Kier alpha value is -2.01. The second-order valence-corrected chi connectivity index (χ2v) is 7.02. The van der Waals surface area contributed by atoms with Gasteiger partial charge >= 0.3 is 0 Å². The van der Waals surface area contributed by atoms with Crippen molar-refractivity contribution in [1.82, 2.24) is 0 Å². The quantitative estimate of drug-likeness (QED) is 0.794. The highest BCUT2D eigenvalue weighted by Gasteiger charge is 2.14. The van der Waals surface area contributed by atoms with E-state index in [0.717, 1.165) is 28.9 Å².